The van der Waals surface area contributed by atoms with Gasteiger partial charge in [-0.25, -0.2) is 4.39 Å². The SMILES string of the molecule is CC(C)OC(CCc1cccc(F)c1)(O[Si])OC(C)C. The van der Waals surface area contributed by atoms with Crippen molar-refractivity contribution in [2.24, 2.45) is 0 Å². The fourth-order valence-electron chi connectivity index (χ4n) is 1.95. The summed E-state index contributed by atoms with van der Waals surface area (Å²) in [6.07, 6.45) is 0.924. The number of aryl methyl sites for hydroxylation is 1. The Hall–Kier alpha value is -0.753. The van der Waals surface area contributed by atoms with Crippen LogP contribution >= 0.6 is 0 Å². The van der Waals surface area contributed by atoms with E-state index in [0.717, 1.165) is 5.56 Å². The normalized spacial score (nSPS) is 12.4. The maximum absolute atomic E-state index is 13.2. The van der Waals surface area contributed by atoms with Crippen molar-refractivity contribution in [2.75, 3.05) is 0 Å². The van der Waals surface area contributed by atoms with E-state index < -0.39 is 5.97 Å². The van der Waals surface area contributed by atoms with Crippen LogP contribution in [0.15, 0.2) is 24.3 Å². The van der Waals surface area contributed by atoms with Crippen LogP contribution in [-0.2, 0) is 20.3 Å². The fraction of sp³-hybridized carbons (Fsp3) is 0.600. The van der Waals surface area contributed by atoms with E-state index in [0.29, 0.717) is 12.8 Å². The van der Waals surface area contributed by atoms with Gasteiger partial charge in [-0.1, -0.05) is 12.1 Å². The molecule has 0 amide bonds. The number of benzene rings is 1. The summed E-state index contributed by atoms with van der Waals surface area (Å²) in [5.41, 5.74) is 0.873. The Balaban J connectivity index is 2.77. The summed E-state index contributed by atoms with van der Waals surface area (Å²) in [5, 5.41) is 0. The van der Waals surface area contributed by atoms with Crippen molar-refractivity contribution in [2.45, 2.75) is 58.7 Å². The molecule has 111 valence electrons. The van der Waals surface area contributed by atoms with Crippen molar-refractivity contribution >= 4 is 10.5 Å². The van der Waals surface area contributed by atoms with Crippen LogP contribution in [0.1, 0.15) is 39.7 Å². The quantitative estimate of drug-likeness (QED) is 0.544. The van der Waals surface area contributed by atoms with E-state index in [1.54, 1.807) is 6.07 Å². The average molecular weight is 297 g/mol. The fourth-order valence-corrected chi connectivity index (χ4v) is 2.15. The lowest BCUT2D eigenvalue weighted by molar-refractivity contribution is -0.368. The van der Waals surface area contributed by atoms with Gasteiger partial charge < -0.3 is 13.9 Å². The Labute approximate surface area is 124 Å². The van der Waals surface area contributed by atoms with Gasteiger partial charge in [0.2, 0.25) is 0 Å². The maximum Gasteiger partial charge on any atom is 0.273 e. The summed E-state index contributed by atoms with van der Waals surface area (Å²) in [7, 11) is 3.05. The molecule has 1 aromatic rings. The summed E-state index contributed by atoms with van der Waals surface area (Å²) in [6, 6.07) is 6.48. The van der Waals surface area contributed by atoms with Gasteiger partial charge in [0.15, 0.2) is 0 Å². The Morgan fingerprint density at radius 1 is 1.15 bits per heavy atom. The third-order valence-corrected chi connectivity index (χ3v) is 2.91. The Bertz CT molecular complexity index is 400. The molecule has 0 aliphatic carbocycles. The first-order valence-corrected chi connectivity index (χ1v) is 7.22. The lowest BCUT2D eigenvalue weighted by Crippen LogP contribution is -2.43. The third-order valence-electron chi connectivity index (χ3n) is 2.59. The highest BCUT2D eigenvalue weighted by molar-refractivity contribution is 5.98. The molecule has 0 atom stereocenters. The standard InChI is InChI=1S/C15H22FO3Si/c1-11(2)17-15(19-20,18-12(3)4)9-8-13-6-5-7-14(16)10-13/h5-7,10-12H,8-9H2,1-4H3. The zero-order chi connectivity index (χ0) is 15.2. The topological polar surface area (TPSA) is 27.7 Å². The lowest BCUT2D eigenvalue weighted by Gasteiger charge is -2.35. The molecule has 0 fully saturated rings. The smallest absolute Gasteiger partial charge is 0.273 e. The molecular formula is C15H22FO3Si. The van der Waals surface area contributed by atoms with Crippen molar-refractivity contribution in [3.8, 4) is 0 Å². The Kier molecular flexibility index (Phi) is 6.81. The maximum atomic E-state index is 13.2. The molecule has 1 aromatic carbocycles. The van der Waals surface area contributed by atoms with Crippen LogP contribution in [0.4, 0.5) is 4.39 Å². The van der Waals surface area contributed by atoms with E-state index in [4.69, 9.17) is 13.9 Å². The predicted molar refractivity (Wildman–Crippen MR) is 76.7 cm³/mol. The summed E-state index contributed by atoms with van der Waals surface area (Å²) in [4.78, 5) is 0. The molecule has 3 nitrogen and oxygen atoms in total. The minimum Gasteiger partial charge on any atom is -0.371 e. The summed E-state index contributed by atoms with van der Waals surface area (Å²) in [5.74, 6) is -1.42. The number of halogens is 1. The van der Waals surface area contributed by atoms with Gasteiger partial charge in [-0.15, -0.1) is 0 Å². The first-order valence-electron chi connectivity index (χ1n) is 6.81. The second-order valence-electron chi connectivity index (χ2n) is 5.25. The van der Waals surface area contributed by atoms with Crippen LogP contribution in [-0.4, -0.2) is 28.7 Å². The van der Waals surface area contributed by atoms with Crippen molar-refractivity contribution in [3.63, 3.8) is 0 Å². The minimum atomic E-state index is -1.18. The van der Waals surface area contributed by atoms with Crippen molar-refractivity contribution in [3.05, 3.63) is 35.6 Å². The predicted octanol–water partition coefficient (Wildman–Crippen LogP) is 3.36. The van der Waals surface area contributed by atoms with Crippen molar-refractivity contribution < 1.29 is 18.3 Å². The zero-order valence-electron chi connectivity index (χ0n) is 12.5. The van der Waals surface area contributed by atoms with Crippen molar-refractivity contribution in [1.29, 1.82) is 0 Å². The molecule has 20 heavy (non-hydrogen) atoms. The van der Waals surface area contributed by atoms with Gasteiger partial charge in [-0.2, -0.15) is 0 Å². The lowest BCUT2D eigenvalue weighted by atomic mass is 10.1. The molecule has 0 aliphatic heterocycles. The molecule has 1 rings (SSSR count). The molecule has 3 radical (unpaired) electrons. The van der Waals surface area contributed by atoms with Crippen LogP contribution in [0.2, 0.25) is 0 Å². The number of rotatable bonds is 8. The molecule has 0 saturated carbocycles. The molecule has 0 unspecified atom stereocenters. The van der Waals surface area contributed by atoms with Crippen LogP contribution in [0.3, 0.4) is 0 Å². The number of hydrogen-bond acceptors (Lipinski definition) is 3. The van der Waals surface area contributed by atoms with Crippen LogP contribution < -0.4 is 0 Å². The van der Waals surface area contributed by atoms with Gasteiger partial charge in [0.25, 0.3) is 16.5 Å². The van der Waals surface area contributed by atoms with Gasteiger partial charge in [-0.3, -0.25) is 0 Å². The third kappa shape index (κ3) is 5.71. The highest BCUT2D eigenvalue weighted by atomic mass is 28.2. The molecular weight excluding hydrogens is 275 g/mol. The highest BCUT2D eigenvalue weighted by Gasteiger charge is 2.34. The molecule has 0 N–H and O–H groups in total. The van der Waals surface area contributed by atoms with Gasteiger partial charge in [0, 0.05) is 6.42 Å². The van der Waals surface area contributed by atoms with Gasteiger partial charge in [0.05, 0.1) is 12.2 Å². The van der Waals surface area contributed by atoms with Crippen molar-refractivity contribution in [1.82, 2.24) is 0 Å². The zero-order valence-corrected chi connectivity index (χ0v) is 13.5. The van der Waals surface area contributed by atoms with Gasteiger partial charge in [0.1, 0.15) is 5.82 Å². The molecule has 0 bridgehead atoms. The molecule has 0 aromatic heterocycles. The van der Waals surface area contributed by atoms with E-state index >= 15 is 0 Å². The number of hydrogen-bond donors (Lipinski definition) is 0. The second kappa shape index (κ2) is 7.88. The van der Waals surface area contributed by atoms with E-state index in [-0.39, 0.29) is 18.0 Å². The molecule has 0 saturated heterocycles. The minimum absolute atomic E-state index is 0.0578. The van der Waals surface area contributed by atoms with E-state index in [2.05, 4.69) is 10.5 Å². The second-order valence-corrected chi connectivity index (χ2v) is 5.45. The monoisotopic (exact) mass is 297 g/mol. The first kappa shape index (κ1) is 17.3. The van der Waals surface area contributed by atoms with Crippen LogP contribution in [0, 0.1) is 5.82 Å². The summed E-state index contributed by atoms with van der Waals surface area (Å²) < 4.78 is 30.0. The van der Waals surface area contributed by atoms with E-state index in [1.807, 2.05) is 33.8 Å². The summed E-state index contributed by atoms with van der Waals surface area (Å²) >= 11 is 0. The average Bonchev–Trinajstić information content (AvgIpc) is 2.35. The van der Waals surface area contributed by atoms with E-state index in [1.165, 1.54) is 12.1 Å². The highest BCUT2D eigenvalue weighted by Crippen LogP contribution is 2.25. The summed E-state index contributed by atoms with van der Waals surface area (Å²) in [6.45, 7) is 7.63. The molecule has 0 spiro atoms. The van der Waals surface area contributed by atoms with E-state index in [9.17, 15) is 4.39 Å². The van der Waals surface area contributed by atoms with Gasteiger partial charge >= 0.3 is 0 Å². The largest absolute Gasteiger partial charge is 0.371 e. The number of ether oxygens (including phenoxy) is 2. The first-order chi connectivity index (χ1) is 9.37. The molecule has 5 heteroatoms. The van der Waals surface area contributed by atoms with Crippen LogP contribution in [0.25, 0.3) is 0 Å². The Morgan fingerprint density at radius 2 is 1.75 bits per heavy atom. The molecule has 0 heterocycles. The van der Waals surface area contributed by atoms with Crippen LogP contribution in [0.5, 0.6) is 0 Å². The molecule has 0 aliphatic rings. The van der Waals surface area contributed by atoms with Gasteiger partial charge in [-0.05, 0) is 51.8 Å². The Morgan fingerprint density at radius 3 is 2.20 bits per heavy atom.